The first-order valence-corrected chi connectivity index (χ1v) is 7.72. The molecule has 1 rings (SSSR count). The SMILES string of the molecule is CC(C)(C)OC=O.C[C@H]1CNCCN1S(C)(=O)=O. The van der Waals surface area contributed by atoms with Crippen LogP contribution in [-0.4, -0.2) is 56.7 Å². The summed E-state index contributed by atoms with van der Waals surface area (Å²) in [6.07, 6.45) is 1.26. The molecule has 0 aromatic rings. The van der Waals surface area contributed by atoms with E-state index in [-0.39, 0.29) is 11.6 Å². The third-order valence-corrected chi connectivity index (χ3v) is 3.66. The first kappa shape index (κ1) is 17.3. The van der Waals surface area contributed by atoms with Crippen molar-refractivity contribution in [3.63, 3.8) is 0 Å². The summed E-state index contributed by atoms with van der Waals surface area (Å²) < 4.78 is 28.3. The van der Waals surface area contributed by atoms with Crippen molar-refractivity contribution in [3.8, 4) is 0 Å². The van der Waals surface area contributed by atoms with Crippen LogP contribution in [0.4, 0.5) is 0 Å². The maximum Gasteiger partial charge on any atom is 0.293 e. The summed E-state index contributed by atoms with van der Waals surface area (Å²) in [5, 5.41) is 3.13. The van der Waals surface area contributed by atoms with E-state index in [2.05, 4.69) is 10.1 Å². The van der Waals surface area contributed by atoms with E-state index in [0.717, 1.165) is 13.1 Å². The van der Waals surface area contributed by atoms with E-state index < -0.39 is 10.0 Å². The molecule has 1 N–H and O–H groups in total. The van der Waals surface area contributed by atoms with Crippen LogP contribution in [0.15, 0.2) is 0 Å². The highest BCUT2D eigenvalue weighted by molar-refractivity contribution is 7.88. The standard InChI is InChI=1S/C6H14N2O2S.C5H10O2/c1-6-5-7-3-4-8(6)11(2,9)10;1-5(2,3)7-4-6/h6-7H,3-5H2,1-2H3;4H,1-3H3/t6-;/m0./s1. The predicted molar refractivity (Wildman–Crippen MR) is 70.8 cm³/mol. The Morgan fingerprint density at radius 2 is 1.94 bits per heavy atom. The van der Waals surface area contributed by atoms with E-state index in [9.17, 15) is 13.2 Å². The maximum atomic E-state index is 11.1. The summed E-state index contributed by atoms with van der Waals surface area (Å²) in [6, 6.07) is 0.0961. The molecule has 1 aliphatic heterocycles. The van der Waals surface area contributed by atoms with Crippen molar-refractivity contribution in [2.75, 3.05) is 25.9 Å². The molecular formula is C11H24N2O4S. The lowest BCUT2D eigenvalue weighted by Gasteiger charge is -2.31. The molecule has 0 spiro atoms. The molecule has 0 aliphatic carbocycles. The number of sulfonamides is 1. The van der Waals surface area contributed by atoms with Crippen LogP contribution >= 0.6 is 0 Å². The molecule has 1 heterocycles. The Hall–Kier alpha value is -0.660. The van der Waals surface area contributed by atoms with E-state index in [1.54, 1.807) is 0 Å². The Balaban J connectivity index is 0.000000360. The number of hydrogen-bond donors (Lipinski definition) is 1. The van der Waals surface area contributed by atoms with E-state index in [0.29, 0.717) is 13.0 Å². The lowest BCUT2D eigenvalue weighted by atomic mass is 10.2. The van der Waals surface area contributed by atoms with Crippen molar-refractivity contribution in [3.05, 3.63) is 0 Å². The zero-order valence-electron chi connectivity index (χ0n) is 11.8. The van der Waals surface area contributed by atoms with Crippen LogP contribution in [0.25, 0.3) is 0 Å². The van der Waals surface area contributed by atoms with E-state index >= 15 is 0 Å². The number of carbonyl (C=O) groups excluding carboxylic acids is 1. The molecule has 1 atom stereocenters. The minimum atomic E-state index is -2.98. The van der Waals surface area contributed by atoms with E-state index in [4.69, 9.17) is 0 Å². The Bertz CT molecular complexity index is 349. The number of carbonyl (C=O) groups is 1. The fourth-order valence-corrected chi connectivity index (χ4v) is 2.61. The number of ether oxygens (including phenoxy) is 1. The minimum Gasteiger partial charge on any atom is -0.462 e. The molecule has 0 bridgehead atoms. The van der Waals surface area contributed by atoms with E-state index in [1.165, 1.54) is 10.6 Å². The Morgan fingerprint density at radius 3 is 2.17 bits per heavy atom. The van der Waals surface area contributed by atoms with Crippen LogP contribution in [0.1, 0.15) is 27.7 Å². The molecule has 18 heavy (non-hydrogen) atoms. The first-order valence-electron chi connectivity index (χ1n) is 5.87. The molecule has 1 saturated heterocycles. The van der Waals surface area contributed by atoms with Gasteiger partial charge < -0.3 is 10.1 Å². The molecule has 108 valence electrons. The van der Waals surface area contributed by atoms with Crippen LogP contribution in [0.3, 0.4) is 0 Å². The highest BCUT2D eigenvalue weighted by Gasteiger charge is 2.25. The zero-order valence-corrected chi connectivity index (χ0v) is 12.6. The molecule has 1 fully saturated rings. The lowest BCUT2D eigenvalue weighted by molar-refractivity contribution is -0.138. The quantitative estimate of drug-likeness (QED) is 0.731. The lowest BCUT2D eigenvalue weighted by Crippen LogP contribution is -2.51. The third kappa shape index (κ3) is 7.62. The summed E-state index contributed by atoms with van der Waals surface area (Å²) in [7, 11) is -2.98. The van der Waals surface area contributed by atoms with Crippen LogP contribution in [0.5, 0.6) is 0 Å². The molecule has 7 heteroatoms. The van der Waals surface area contributed by atoms with Gasteiger partial charge in [0.25, 0.3) is 6.47 Å². The van der Waals surface area contributed by atoms with Gasteiger partial charge in [0.15, 0.2) is 0 Å². The van der Waals surface area contributed by atoms with Gasteiger partial charge in [-0.15, -0.1) is 0 Å². The number of rotatable bonds is 2. The van der Waals surface area contributed by atoms with Crippen LogP contribution in [-0.2, 0) is 19.6 Å². The van der Waals surface area contributed by atoms with Gasteiger partial charge in [-0.25, -0.2) is 8.42 Å². The number of hydrogen-bond acceptors (Lipinski definition) is 5. The largest absolute Gasteiger partial charge is 0.462 e. The molecule has 0 amide bonds. The van der Waals surface area contributed by atoms with Crippen LogP contribution < -0.4 is 5.32 Å². The summed E-state index contributed by atoms with van der Waals surface area (Å²) >= 11 is 0. The topological polar surface area (TPSA) is 75.7 Å². The molecule has 0 aromatic heterocycles. The Labute approximate surface area is 110 Å². The van der Waals surface area contributed by atoms with Gasteiger partial charge in [0.2, 0.25) is 10.0 Å². The molecule has 1 aliphatic rings. The van der Waals surface area contributed by atoms with Gasteiger partial charge in [0.05, 0.1) is 6.26 Å². The molecule has 0 aromatic carbocycles. The van der Waals surface area contributed by atoms with Gasteiger partial charge in [-0.2, -0.15) is 4.31 Å². The summed E-state index contributed by atoms with van der Waals surface area (Å²) in [5.41, 5.74) is -0.318. The van der Waals surface area contributed by atoms with Gasteiger partial charge in [-0.3, -0.25) is 4.79 Å². The predicted octanol–water partition coefficient (Wildman–Crippen LogP) is 0.198. The average molecular weight is 280 g/mol. The van der Waals surface area contributed by atoms with Gasteiger partial charge in [0.1, 0.15) is 5.60 Å². The van der Waals surface area contributed by atoms with Gasteiger partial charge in [0, 0.05) is 25.7 Å². The highest BCUT2D eigenvalue weighted by Crippen LogP contribution is 2.06. The number of nitrogens with one attached hydrogen (secondary N) is 1. The number of piperazine rings is 1. The van der Waals surface area contributed by atoms with Crippen molar-refractivity contribution in [1.82, 2.24) is 9.62 Å². The summed E-state index contributed by atoms with van der Waals surface area (Å²) in [5.74, 6) is 0. The van der Waals surface area contributed by atoms with Crippen molar-refractivity contribution in [2.45, 2.75) is 39.3 Å². The second-order valence-corrected chi connectivity index (χ2v) is 7.19. The second kappa shape index (κ2) is 7.06. The first-order chi connectivity index (χ1) is 8.08. The van der Waals surface area contributed by atoms with Gasteiger partial charge in [-0.1, -0.05) is 0 Å². The summed E-state index contributed by atoms with van der Waals surface area (Å²) in [6.45, 7) is 9.95. The van der Waals surface area contributed by atoms with Crippen molar-refractivity contribution >= 4 is 16.5 Å². The van der Waals surface area contributed by atoms with E-state index in [1.807, 2.05) is 27.7 Å². The Kier molecular flexibility index (Phi) is 6.80. The van der Waals surface area contributed by atoms with Crippen LogP contribution in [0.2, 0.25) is 0 Å². The van der Waals surface area contributed by atoms with Crippen molar-refractivity contribution in [2.24, 2.45) is 0 Å². The average Bonchev–Trinajstić information content (AvgIpc) is 2.15. The van der Waals surface area contributed by atoms with Gasteiger partial charge >= 0.3 is 0 Å². The fourth-order valence-electron chi connectivity index (χ4n) is 1.46. The van der Waals surface area contributed by atoms with Crippen molar-refractivity contribution < 1.29 is 17.9 Å². The molecular weight excluding hydrogens is 256 g/mol. The minimum absolute atomic E-state index is 0.0961. The Morgan fingerprint density at radius 1 is 1.39 bits per heavy atom. The third-order valence-electron chi connectivity index (χ3n) is 2.27. The molecule has 0 saturated carbocycles. The van der Waals surface area contributed by atoms with Gasteiger partial charge in [-0.05, 0) is 27.7 Å². The highest BCUT2D eigenvalue weighted by atomic mass is 32.2. The molecule has 0 radical (unpaired) electrons. The normalized spacial score (nSPS) is 21.7. The second-order valence-electron chi connectivity index (χ2n) is 5.25. The zero-order chi connectivity index (χ0) is 14.4. The van der Waals surface area contributed by atoms with Crippen molar-refractivity contribution in [1.29, 1.82) is 0 Å². The summed E-state index contributed by atoms with van der Waals surface area (Å²) in [4.78, 5) is 9.60. The smallest absolute Gasteiger partial charge is 0.293 e. The molecule has 0 unspecified atom stereocenters. The monoisotopic (exact) mass is 280 g/mol. The maximum absolute atomic E-state index is 11.1. The fraction of sp³-hybridized carbons (Fsp3) is 0.909. The molecule has 6 nitrogen and oxygen atoms in total. The van der Waals surface area contributed by atoms with Crippen LogP contribution in [0, 0.1) is 0 Å². The number of nitrogens with zero attached hydrogens (tertiary/aromatic N) is 1.